The summed E-state index contributed by atoms with van der Waals surface area (Å²) >= 11 is 0.951. The SMILES string of the molecule is Cc1occc1-c1nnc(SCC(=O)[O-])n1N. The van der Waals surface area contributed by atoms with Gasteiger partial charge in [-0.25, -0.2) is 4.68 Å². The number of carboxylic acid groups (broad SMARTS) is 1. The molecule has 0 aliphatic heterocycles. The molecule has 0 spiro atoms. The standard InChI is InChI=1S/C9H10N4O3S/c1-5-6(2-3-16-5)8-11-12-9(13(8)10)17-4-7(14)15/h2-3H,4,10H2,1H3,(H,14,15)/p-1. The molecule has 0 saturated heterocycles. The molecule has 0 aliphatic carbocycles. The van der Waals surface area contributed by atoms with Gasteiger partial charge in [-0.15, -0.1) is 10.2 Å². The Morgan fingerprint density at radius 2 is 2.41 bits per heavy atom. The third-order valence-corrected chi connectivity index (χ3v) is 3.00. The normalized spacial score (nSPS) is 10.6. The van der Waals surface area contributed by atoms with Crippen LogP contribution in [-0.2, 0) is 4.79 Å². The van der Waals surface area contributed by atoms with Crippen molar-refractivity contribution < 1.29 is 14.3 Å². The Morgan fingerprint density at radius 1 is 1.65 bits per heavy atom. The molecule has 2 aromatic heterocycles. The molecule has 2 aromatic rings. The number of hydrogen-bond donors (Lipinski definition) is 1. The zero-order valence-corrected chi connectivity index (χ0v) is 9.73. The molecular weight excluding hydrogens is 244 g/mol. The van der Waals surface area contributed by atoms with Crippen LogP contribution < -0.4 is 10.9 Å². The van der Waals surface area contributed by atoms with E-state index >= 15 is 0 Å². The Balaban J connectivity index is 2.27. The summed E-state index contributed by atoms with van der Waals surface area (Å²) in [6.45, 7) is 1.78. The minimum absolute atomic E-state index is 0.223. The minimum atomic E-state index is -1.18. The highest BCUT2D eigenvalue weighted by molar-refractivity contribution is 7.99. The van der Waals surface area contributed by atoms with Crippen LogP contribution in [0.4, 0.5) is 0 Å². The van der Waals surface area contributed by atoms with Crippen LogP contribution in [0.15, 0.2) is 21.9 Å². The van der Waals surface area contributed by atoms with E-state index in [2.05, 4.69) is 10.2 Å². The lowest BCUT2D eigenvalue weighted by molar-refractivity contribution is -0.301. The fourth-order valence-electron chi connectivity index (χ4n) is 1.30. The van der Waals surface area contributed by atoms with Gasteiger partial charge in [0.05, 0.1) is 17.8 Å². The van der Waals surface area contributed by atoms with E-state index in [1.807, 2.05) is 0 Å². The molecule has 7 nitrogen and oxygen atoms in total. The second kappa shape index (κ2) is 4.50. The van der Waals surface area contributed by atoms with Crippen LogP contribution in [0.1, 0.15) is 5.76 Å². The average molecular weight is 253 g/mol. The number of aromatic nitrogens is 3. The number of nitrogens with zero attached hydrogens (tertiary/aromatic N) is 3. The molecule has 2 heterocycles. The van der Waals surface area contributed by atoms with Crippen molar-refractivity contribution >= 4 is 17.7 Å². The van der Waals surface area contributed by atoms with Crippen molar-refractivity contribution in [2.75, 3.05) is 11.6 Å². The zero-order valence-electron chi connectivity index (χ0n) is 8.91. The van der Waals surface area contributed by atoms with Gasteiger partial charge in [-0.05, 0) is 13.0 Å². The summed E-state index contributed by atoms with van der Waals surface area (Å²) in [7, 11) is 0. The van der Waals surface area contributed by atoms with Gasteiger partial charge in [-0.2, -0.15) is 0 Å². The van der Waals surface area contributed by atoms with Crippen LogP contribution in [0.5, 0.6) is 0 Å². The third-order valence-electron chi connectivity index (χ3n) is 2.08. The van der Waals surface area contributed by atoms with E-state index in [4.69, 9.17) is 10.3 Å². The summed E-state index contributed by atoms with van der Waals surface area (Å²) in [6.07, 6.45) is 1.52. The summed E-state index contributed by atoms with van der Waals surface area (Å²) in [5.41, 5.74) is 0.723. The van der Waals surface area contributed by atoms with E-state index in [9.17, 15) is 9.90 Å². The number of nitrogen functional groups attached to an aromatic ring is 1. The quantitative estimate of drug-likeness (QED) is 0.572. The topological polar surface area (TPSA) is 110 Å². The van der Waals surface area contributed by atoms with Crippen molar-refractivity contribution in [1.82, 2.24) is 14.9 Å². The van der Waals surface area contributed by atoms with Crippen LogP contribution in [0.2, 0.25) is 0 Å². The van der Waals surface area contributed by atoms with Gasteiger partial charge in [0.25, 0.3) is 0 Å². The summed E-state index contributed by atoms with van der Waals surface area (Å²) in [6, 6.07) is 1.72. The van der Waals surface area contributed by atoms with Crippen LogP contribution in [0.25, 0.3) is 11.4 Å². The van der Waals surface area contributed by atoms with E-state index in [-0.39, 0.29) is 5.75 Å². The number of rotatable bonds is 4. The molecule has 8 heteroatoms. The number of carbonyl (C=O) groups excluding carboxylic acids is 1. The highest BCUT2D eigenvalue weighted by Crippen LogP contribution is 2.24. The number of aryl methyl sites for hydroxylation is 1. The van der Waals surface area contributed by atoms with Crippen molar-refractivity contribution in [3.8, 4) is 11.4 Å². The van der Waals surface area contributed by atoms with Crippen LogP contribution >= 0.6 is 11.8 Å². The van der Waals surface area contributed by atoms with Gasteiger partial charge >= 0.3 is 0 Å². The maximum Gasteiger partial charge on any atom is 0.210 e. The summed E-state index contributed by atoms with van der Waals surface area (Å²) in [5.74, 6) is 5.46. The first-order chi connectivity index (χ1) is 8.09. The van der Waals surface area contributed by atoms with Crippen molar-refractivity contribution in [2.24, 2.45) is 0 Å². The van der Waals surface area contributed by atoms with E-state index in [1.54, 1.807) is 13.0 Å². The predicted molar refractivity (Wildman–Crippen MR) is 58.3 cm³/mol. The van der Waals surface area contributed by atoms with Crippen LogP contribution in [0.3, 0.4) is 0 Å². The first-order valence-corrected chi connectivity index (χ1v) is 5.65. The maximum atomic E-state index is 10.3. The number of furan rings is 1. The molecule has 0 bridgehead atoms. The molecule has 0 fully saturated rings. The van der Waals surface area contributed by atoms with Crippen molar-refractivity contribution in [3.05, 3.63) is 18.1 Å². The monoisotopic (exact) mass is 253 g/mol. The van der Waals surface area contributed by atoms with Gasteiger partial charge in [0.2, 0.25) is 5.16 Å². The Hall–Kier alpha value is -1.96. The Morgan fingerprint density at radius 3 is 3.00 bits per heavy atom. The number of hydrogen-bond acceptors (Lipinski definition) is 7. The Labute approximate surface area is 101 Å². The summed E-state index contributed by atoms with van der Waals surface area (Å²) in [4.78, 5) is 10.3. The maximum absolute atomic E-state index is 10.3. The summed E-state index contributed by atoms with van der Waals surface area (Å²) in [5, 5.41) is 18.3. The van der Waals surface area contributed by atoms with E-state index in [0.29, 0.717) is 16.7 Å². The van der Waals surface area contributed by atoms with E-state index < -0.39 is 5.97 Å². The average Bonchev–Trinajstić information content (AvgIpc) is 2.82. The fraction of sp³-hybridized carbons (Fsp3) is 0.222. The highest BCUT2D eigenvalue weighted by atomic mass is 32.2. The smallest absolute Gasteiger partial charge is 0.210 e. The van der Waals surface area contributed by atoms with Gasteiger partial charge in [-0.1, -0.05) is 11.8 Å². The lowest BCUT2D eigenvalue weighted by atomic mass is 10.2. The van der Waals surface area contributed by atoms with Gasteiger partial charge < -0.3 is 20.2 Å². The van der Waals surface area contributed by atoms with Gasteiger partial charge in [0.15, 0.2) is 5.82 Å². The second-order valence-electron chi connectivity index (χ2n) is 3.23. The van der Waals surface area contributed by atoms with Crippen LogP contribution in [-0.4, -0.2) is 26.6 Å². The first kappa shape index (κ1) is 11.5. The largest absolute Gasteiger partial charge is 0.549 e. The molecule has 0 unspecified atom stereocenters. The molecule has 0 saturated carbocycles. The molecule has 0 aliphatic rings. The Kier molecular flexibility index (Phi) is 3.05. The molecule has 17 heavy (non-hydrogen) atoms. The molecule has 0 radical (unpaired) electrons. The second-order valence-corrected chi connectivity index (χ2v) is 4.17. The number of aliphatic carboxylic acids is 1. The number of thioether (sulfide) groups is 1. The molecule has 0 amide bonds. The lowest BCUT2D eigenvalue weighted by Crippen LogP contribution is -2.24. The molecule has 0 atom stereocenters. The van der Waals surface area contributed by atoms with E-state index in [1.165, 1.54) is 10.9 Å². The van der Waals surface area contributed by atoms with Gasteiger partial charge in [-0.3, -0.25) is 0 Å². The molecule has 2 rings (SSSR count). The molecule has 0 aromatic carbocycles. The molecule has 90 valence electrons. The number of nitrogens with two attached hydrogens (primary N) is 1. The fourth-order valence-corrected chi connectivity index (χ4v) is 1.87. The van der Waals surface area contributed by atoms with E-state index in [0.717, 1.165) is 17.3 Å². The molecular formula is C9H9N4O3S-. The van der Waals surface area contributed by atoms with Gasteiger partial charge in [0.1, 0.15) is 5.76 Å². The van der Waals surface area contributed by atoms with Gasteiger partial charge in [0, 0.05) is 5.75 Å². The third kappa shape index (κ3) is 2.26. The predicted octanol–water partition coefficient (Wildman–Crippen LogP) is -0.598. The zero-order chi connectivity index (χ0) is 12.4. The number of carboxylic acids is 1. The first-order valence-electron chi connectivity index (χ1n) is 4.67. The van der Waals surface area contributed by atoms with Crippen LogP contribution in [0, 0.1) is 6.92 Å². The molecule has 2 N–H and O–H groups in total. The summed E-state index contributed by atoms with van der Waals surface area (Å²) < 4.78 is 6.36. The highest BCUT2D eigenvalue weighted by Gasteiger charge is 2.15. The Bertz CT molecular complexity index is 548. The lowest BCUT2D eigenvalue weighted by Gasteiger charge is -2.03. The van der Waals surface area contributed by atoms with Crippen molar-refractivity contribution in [1.29, 1.82) is 0 Å². The minimum Gasteiger partial charge on any atom is -0.549 e. The number of carbonyl (C=O) groups is 1. The van der Waals surface area contributed by atoms with Crippen molar-refractivity contribution in [2.45, 2.75) is 12.1 Å². The van der Waals surface area contributed by atoms with Crippen molar-refractivity contribution in [3.63, 3.8) is 0 Å².